The van der Waals surface area contributed by atoms with Crippen molar-refractivity contribution in [2.75, 3.05) is 26.2 Å². The van der Waals surface area contributed by atoms with Crippen LogP contribution in [0.3, 0.4) is 0 Å². The molecule has 2 aromatic heterocycles. The van der Waals surface area contributed by atoms with Crippen molar-refractivity contribution in [3.63, 3.8) is 0 Å². The zero-order valence-electron chi connectivity index (χ0n) is 12.8. The van der Waals surface area contributed by atoms with Gasteiger partial charge in [-0.3, -0.25) is 14.8 Å². The normalized spacial score (nSPS) is 17.3. The first-order valence-electron chi connectivity index (χ1n) is 7.47. The number of hydrogen-bond acceptors (Lipinski definition) is 5. The minimum absolute atomic E-state index is 0.317. The molecular weight excluding hydrogens is 344 g/mol. The van der Waals surface area contributed by atoms with Gasteiger partial charge in [-0.25, -0.2) is 9.37 Å². The molecule has 1 aliphatic rings. The predicted molar refractivity (Wildman–Crippen MR) is 81.9 cm³/mol. The topological polar surface area (TPSA) is 32.3 Å². The third-order valence-electron chi connectivity index (χ3n) is 3.87. The molecule has 1 saturated heterocycles. The summed E-state index contributed by atoms with van der Waals surface area (Å²) in [5, 5.41) is 1.52. The molecule has 0 N–H and O–H groups in total. The van der Waals surface area contributed by atoms with Crippen LogP contribution in [-0.4, -0.2) is 45.9 Å². The summed E-state index contributed by atoms with van der Waals surface area (Å²) >= 11 is 1.03. The van der Waals surface area contributed by atoms with Crippen molar-refractivity contribution >= 4 is 11.3 Å². The Morgan fingerprint density at radius 3 is 2.33 bits per heavy atom. The van der Waals surface area contributed by atoms with E-state index in [-0.39, 0.29) is 5.82 Å². The lowest BCUT2D eigenvalue weighted by atomic mass is 10.2. The fourth-order valence-corrected chi connectivity index (χ4v) is 3.40. The molecule has 130 valence electrons. The van der Waals surface area contributed by atoms with Gasteiger partial charge in [-0.05, 0) is 12.1 Å². The van der Waals surface area contributed by atoms with E-state index in [1.807, 2.05) is 0 Å². The second-order valence-electron chi connectivity index (χ2n) is 5.61. The molecule has 1 aliphatic heterocycles. The van der Waals surface area contributed by atoms with Gasteiger partial charge in [-0.1, -0.05) is 0 Å². The Kier molecular flexibility index (Phi) is 5.12. The van der Waals surface area contributed by atoms with Crippen LogP contribution in [0.4, 0.5) is 17.6 Å². The number of halogens is 4. The summed E-state index contributed by atoms with van der Waals surface area (Å²) in [5.41, 5.74) is -0.410. The largest absolute Gasteiger partial charge is 0.434 e. The highest BCUT2D eigenvalue weighted by molar-refractivity contribution is 7.09. The zero-order chi connectivity index (χ0) is 17.2. The van der Waals surface area contributed by atoms with E-state index in [1.165, 1.54) is 6.07 Å². The summed E-state index contributed by atoms with van der Waals surface area (Å²) in [7, 11) is 0. The molecule has 0 bridgehead atoms. The first kappa shape index (κ1) is 17.2. The summed E-state index contributed by atoms with van der Waals surface area (Å²) in [4.78, 5) is 11.8. The Hall–Kier alpha value is -1.58. The number of alkyl halides is 3. The molecular formula is C15H16F4N4S. The van der Waals surface area contributed by atoms with Gasteiger partial charge in [0.2, 0.25) is 0 Å². The summed E-state index contributed by atoms with van der Waals surface area (Å²) in [6.07, 6.45) is -2.82. The highest BCUT2D eigenvalue weighted by atomic mass is 32.1. The fourth-order valence-electron chi connectivity index (χ4n) is 2.56. The molecule has 4 nitrogen and oxygen atoms in total. The van der Waals surface area contributed by atoms with E-state index in [2.05, 4.69) is 19.8 Å². The first-order valence-corrected chi connectivity index (χ1v) is 8.35. The number of hydrogen-bond donors (Lipinski definition) is 0. The standard InChI is InChI=1S/C15H16F4N4S/c16-11-2-1-3-20-12(11)8-22-4-6-23(7-5-22)9-14-21-13(10-24-14)15(17,18)19/h1-3,10H,4-9H2. The van der Waals surface area contributed by atoms with Crippen molar-refractivity contribution in [2.24, 2.45) is 0 Å². The van der Waals surface area contributed by atoms with Crippen molar-refractivity contribution in [2.45, 2.75) is 19.3 Å². The lowest BCUT2D eigenvalue weighted by Crippen LogP contribution is -2.45. The van der Waals surface area contributed by atoms with Gasteiger partial charge >= 0.3 is 6.18 Å². The number of rotatable bonds is 4. The quantitative estimate of drug-likeness (QED) is 0.785. The maximum atomic E-state index is 13.6. The van der Waals surface area contributed by atoms with E-state index in [9.17, 15) is 17.6 Å². The summed E-state index contributed by atoms with van der Waals surface area (Å²) in [5.74, 6) is -0.317. The van der Waals surface area contributed by atoms with Crippen LogP contribution in [0.2, 0.25) is 0 Å². The number of thiazole rings is 1. The van der Waals surface area contributed by atoms with Crippen LogP contribution >= 0.6 is 11.3 Å². The lowest BCUT2D eigenvalue weighted by Gasteiger charge is -2.34. The Morgan fingerprint density at radius 2 is 1.75 bits per heavy atom. The lowest BCUT2D eigenvalue weighted by molar-refractivity contribution is -0.140. The molecule has 0 atom stereocenters. The van der Waals surface area contributed by atoms with Crippen LogP contribution in [0.15, 0.2) is 23.7 Å². The summed E-state index contributed by atoms with van der Waals surface area (Å²) in [6, 6.07) is 2.94. The number of nitrogens with zero attached hydrogens (tertiary/aromatic N) is 4. The Labute approximate surface area is 140 Å². The number of aromatic nitrogens is 2. The van der Waals surface area contributed by atoms with Crippen molar-refractivity contribution in [3.05, 3.63) is 45.9 Å². The third kappa shape index (κ3) is 4.28. The minimum atomic E-state index is -4.39. The van der Waals surface area contributed by atoms with E-state index in [1.54, 1.807) is 12.3 Å². The highest BCUT2D eigenvalue weighted by Gasteiger charge is 2.33. The summed E-state index contributed by atoms with van der Waals surface area (Å²) < 4.78 is 51.3. The smallest absolute Gasteiger partial charge is 0.295 e. The van der Waals surface area contributed by atoms with Crippen molar-refractivity contribution in [3.8, 4) is 0 Å². The monoisotopic (exact) mass is 360 g/mol. The Bertz CT molecular complexity index is 680. The molecule has 2 aromatic rings. The van der Waals surface area contributed by atoms with Gasteiger partial charge in [0.15, 0.2) is 5.69 Å². The minimum Gasteiger partial charge on any atom is -0.295 e. The molecule has 0 aromatic carbocycles. The predicted octanol–water partition coefficient (Wildman–Crippen LogP) is 3.01. The van der Waals surface area contributed by atoms with E-state index in [0.29, 0.717) is 50.0 Å². The molecule has 9 heteroatoms. The molecule has 1 fully saturated rings. The summed E-state index contributed by atoms with van der Waals surface area (Å²) in [6.45, 7) is 3.69. The van der Waals surface area contributed by atoms with Gasteiger partial charge in [-0.2, -0.15) is 13.2 Å². The highest BCUT2D eigenvalue weighted by Crippen LogP contribution is 2.30. The fraction of sp³-hybridized carbons (Fsp3) is 0.467. The van der Waals surface area contributed by atoms with Crippen LogP contribution < -0.4 is 0 Å². The molecule has 24 heavy (non-hydrogen) atoms. The van der Waals surface area contributed by atoms with Gasteiger partial charge < -0.3 is 0 Å². The van der Waals surface area contributed by atoms with E-state index < -0.39 is 11.9 Å². The van der Waals surface area contributed by atoms with Gasteiger partial charge in [-0.15, -0.1) is 11.3 Å². The first-order chi connectivity index (χ1) is 11.4. The van der Waals surface area contributed by atoms with E-state index in [0.717, 1.165) is 16.7 Å². The molecule has 0 aliphatic carbocycles. The number of pyridine rings is 1. The maximum absolute atomic E-state index is 13.6. The van der Waals surface area contributed by atoms with Gasteiger partial charge in [0, 0.05) is 44.3 Å². The maximum Gasteiger partial charge on any atom is 0.434 e. The molecule has 0 amide bonds. The number of piperazine rings is 1. The zero-order valence-corrected chi connectivity index (χ0v) is 13.6. The van der Waals surface area contributed by atoms with Gasteiger partial charge in [0.05, 0.1) is 12.2 Å². The van der Waals surface area contributed by atoms with Gasteiger partial charge in [0.25, 0.3) is 0 Å². The van der Waals surface area contributed by atoms with E-state index in [4.69, 9.17) is 0 Å². The molecule has 0 radical (unpaired) electrons. The molecule has 0 spiro atoms. The second kappa shape index (κ2) is 7.12. The van der Waals surface area contributed by atoms with Crippen LogP contribution in [0, 0.1) is 5.82 Å². The van der Waals surface area contributed by atoms with Crippen LogP contribution in [0.1, 0.15) is 16.4 Å². The van der Waals surface area contributed by atoms with Crippen LogP contribution in [0.5, 0.6) is 0 Å². The van der Waals surface area contributed by atoms with Crippen LogP contribution in [-0.2, 0) is 19.3 Å². The van der Waals surface area contributed by atoms with Crippen molar-refractivity contribution in [1.29, 1.82) is 0 Å². The van der Waals surface area contributed by atoms with Crippen LogP contribution in [0.25, 0.3) is 0 Å². The Balaban J connectivity index is 1.50. The SMILES string of the molecule is Fc1cccnc1CN1CCN(Cc2nc(C(F)(F)F)cs2)CC1. The Morgan fingerprint density at radius 1 is 1.08 bits per heavy atom. The molecule has 0 saturated carbocycles. The third-order valence-corrected chi connectivity index (χ3v) is 4.71. The van der Waals surface area contributed by atoms with Crippen molar-refractivity contribution in [1.82, 2.24) is 19.8 Å². The molecule has 0 unspecified atom stereocenters. The van der Waals surface area contributed by atoms with Gasteiger partial charge in [0.1, 0.15) is 10.8 Å². The van der Waals surface area contributed by atoms with Crippen molar-refractivity contribution < 1.29 is 17.6 Å². The average Bonchev–Trinajstić information content (AvgIpc) is 3.00. The molecule has 3 heterocycles. The average molecular weight is 360 g/mol. The second-order valence-corrected chi connectivity index (χ2v) is 6.55. The van der Waals surface area contributed by atoms with E-state index >= 15 is 0 Å². The molecule has 3 rings (SSSR count).